The number of urea groups is 1. The molecule has 2 heterocycles. The molecule has 4 aromatic rings. The number of carbonyl (C=O) groups is 1. The molecule has 2 aromatic carbocycles. The van der Waals surface area contributed by atoms with Crippen LogP contribution in [0.15, 0.2) is 77.6 Å². The van der Waals surface area contributed by atoms with E-state index in [0.717, 1.165) is 5.56 Å². The van der Waals surface area contributed by atoms with Crippen molar-refractivity contribution in [3.63, 3.8) is 0 Å². The fourth-order valence-corrected chi connectivity index (χ4v) is 2.96. The molecule has 0 aliphatic heterocycles. The highest BCUT2D eigenvalue weighted by atomic mass is 16.2. The molecule has 0 saturated heterocycles. The Morgan fingerprint density at radius 2 is 1.70 bits per heavy atom. The topological polar surface area (TPSA) is 105 Å². The van der Waals surface area contributed by atoms with Gasteiger partial charge >= 0.3 is 6.03 Å². The monoisotopic (exact) mass is 400 g/mol. The zero-order valence-corrected chi connectivity index (χ0v) is 16.3. The highest BCUT2D eigenvalue weighted by Crippen LogP contribution is 2.23. The summed E-state index contributed by atoms with van der Waals surface area (Å²) in [6, 6.07) is 21.4. The number of benzene rings is 2. The summed E-state index contributed by atoms with van der Waals surface area (Å²) >= 11 is 0. The minimum absolute atomic E-state index is 0.233. The van der Waals surface area contributed by atoms with Crippen LogP contribution < -0.4 is 16.2 Å². The molecule has 0 saturated carbocycles. The molecule has 2 amide bonds. The van der Waals surface area contributed by atoms with Gasteiger partial charge < -0.3 is 5.32 Å². The van der Waals surface area contributed by atoms with Gasteiger partial charge in [-0.2, -0.15) is 9.78 Å². The number of aryl methyl sites for hydroxylation is 1. The van der Waals surface area contributed by atoms with E-state index in [-0.39, 0.29) is 11.5 Å². The van der Waals surface area contributed by atoms with Gasteiger partial charge in [-0.05, 0) is 18.6 Å². The van der Waals surface area contributed by atoms with Gasteiger partial charge in [0.15, 0.2) is 0 Å². The van der Waals surface area contributed by atoms with Gasteiger partial charge in [0.2, 0.25) is 5.95 Å². The number of amides is 2. The minimum atomic E-state index is -0.434. The van der Waals surface area contributed by atoms with Gasteiger partial charge in [-0.15, -0.1) is 0 Å². The third kappa shape index (κ3) is 4.27. The fraction of sp³-hybridized carbons (Fsp3) is 0.0909. The van der Waals surface area contributed by atoms with Crippen molar-refractivity contribution in [1.82, 2.24) is 19.7 Å². The molecule has 4 rings (SSSR count). The van der Waals surface area contributed by atoms with E-state index in [1.165, 1.54) is 10.7 Å². The summed E-state index contributed by atoms with van der Waals surface area (Å²) in [6.07, 6.45) is 0.598. The second kappa shape index (κ2) is 8.44. The fourth-order valence-electron chi connectivity index (χ4n) is 2.96. The Morgan fingerprint density at radius 1 is 1.00 bits per heavy atom. The Hall–Kier alpha value is -4.20. The first-order chi connectivity index (χ1) is 14.6. The van der Waals surface area contributed by atoms with Crippen molar-refractivity contribution < 1.29 is 4.79 Å². The normalized spacial score (nSPS) is 10.6. The Morgan fingerprint density at radius 3 is 2.40 bits per heavy atom. The molecule has 2 aromatic heterocycles. The van der Waals surface area contributed by atoms with Crippen LogP contribution in [-0.2, 0) is 6.42 Å². The van der Waals surface area contributed by atoms with Crippen LogP contribution in [0.25, 0.3) is 17.2 Å². The zero-order chi connectivity index (χ0) is 20.9. The van der Waals surface area contributed by atoms with Gasteiger partial charge in [-0.1, -0.05) is 55.5 Å². The van der Waals surface area contributed by atoms with Gasteiger partial charge in [0.1, 0.15) is 5.82 Å². The summed E-state index contributed by atoms with van der Waals surface area (Å²) in [6.45, 7) is 1.91. The lowest BCUT2D eigenvalue weighted by atomic mass is 10.2. The first-order valence-corrected chi connectivity index (χ1v) is 9.51. The van der Waals surface area contributed by atoms with E-state index in [2.05, 4.69) is 25.7 Å². The smallest absolute Gasteiger partial charge is 0.308 e. The molecule has 8 heteroatoms. The number of nitrogens with zero attached hydrogens (tertiary/aromatic N) is 3. The summed E-state index contributed by atoms with van der Waals surface area (Å²) in [5.74, 6) is 0.607. The largest absolute Gasteiger partial charge is 0.324 e. The predicted molar refractivity (Wildman–Crippen MR) is 116 cm³/mol. The second-order valence-electron chi connectivity index (χ2n) is 6.55. The quantitative estimate of drug-likeness (QED) is 0.473. The first kappa shape index (κ1) is 19.1. The summed E-state index contributed by atoms with van der Waals surface area (Å²) in [5.41, 5.74) is 2.51. The molecular weight excluding hydrogens is 380 g/mol. The highest BCUT2D eigenvalue weighted by Gasteiger charge is 2.16. The van der Waals surface area contributed by atoms with Gasteiger partial charge in [-0.25, -0.2) is 9.78 Å². The molecule has 0 aliphatic carbocycles. The van der Waals surface area contributed by atoms with Crippen LogP contribution in [0.2, 0.25) is 0 Å². The summed E-state index contributed by atoms with van der Waals surface area (Å²) in [4.78, 5) is 31.7. The van der Waals surface area contributed by atoms with Crippen molar-refractivity contribution in [1.29, 1.82) is 0 Å². The summed E-state index contributed by atoms with van der Waals surface area (Å²) in [5, 5.41) is 10.1. The SMILES string of the molecule is CCc1cc(=O)[nH]c(-n2nc(-c3ccccc3)cc2NC(=O)Nc2ccccc2)n1. The lowest BCUT2D eigenvalue weighted by Gasteiger charge is -2.09. The van der Waals surface area contributed by atoms with E-state index in [4.69, 9.17) is 0 Å². The molecule has 0 radical (unpaired) electrons. The summed E-state index contributed by atoms with van der Waals surface area (Å²) < 4.78 is 1.42. The van der Waals surface area contributed by atoms with Gasteiger partial charge in [0.25, 0.3) is 5.56 Å². The first-order valence-electron chi connectivity index (χ1n) is 9.51. The van der Waals surface area contributed by atoms with E-state index in [1.807, 2.05) is 55.5 Å². The Labute approximate surface area is 172 Å². The molecule has 0 bridgehead atoms. The van der Waals surface area contributed by atoms with E-state index in [1.54, 1.807) is 18.2 Å². The maximum absolute atomic E-state index is 12.5. The van der Waals surface area contributed by atoms with Gasteiger partial charge in [-0.3, -0.25) is 15.1 Å². The van der Waals surface area contributed by atoms with Crippen molar-refractivity contribution in [2.75, 3.05) is 10.6 Å². The van der Waals surface area contributed by atoms with Crippen molar-refractivity contribution in [2.45, 2.75) is 13.3 Å². The summed E-state index contributed by atoms with van der Waals surface area (Å²) in [7, 11) is 0. The van der Waals surface area contributed by atoms with Gasteiger partial charge in [0, 0.05) is 29.1 Å². The van der Waals surface area contributed by atoms with Crippen LogP contribution in [0.4, 0.5) is 16.3 Å². The molecule has 8 nitrogen and oxygen atoms in total. The maximum atomic E-state index is 12.5. The Balaban J connectivity index is 1.72. The number of aromatic amines is 1. The van der Waals surface area contributed by atoms with Crippen LogP contribution in [0.1, 0.15) is 12.6 Å². The number of H-pyrrole nitrogens is 1. The third-order valence-electron chi connectivity index (χ3n) is 4.40. The molecule has 30 heavy (non-hydrogen) atoms. The molecule has 0 fully saturated rings. The minimum Gasteiger partial charge on any atom is -0.308 e. The average molecular weight is 400 g/mol. The molecular formula is C22H20N6O2. The second-order valence-corrected chi connectivity index (χ2v) is 6.55. The lowest BCUT2D eigenvalue weighted by molar-refractivity contribution is 0.262. The predicted octanol–water partition coefficient (Wildman–Crippen LogP) is 3.83. The number of carbonyl (C=O) groups excluding carboxylic acids is 1. The number of nitrogens with one attached hydrogen (secondary N) is 3. The standard InChI is InChI=1S/C22H20N6O2/c1-2-16-13-20(29)26-21(23-16)28-19(14-18(27-28)15-9-5-3-6-10-15)25-22(30)24-17-11-7-4-8-12-17/h3-14H,2H2,1H3,(H,23,26,29)(H2,24,25,30). The number of rotatable bonds is 5. The van der Waals surface area contributed by atoms with E-state index in [9.17, 15) is 9.59 Å². The average Bonchev–Trinajstić information content (AvgIpc) is 3.18. The molecule has 0 atom stereocenters. The lowest BCUT2D eigenvalue weighted by Crippen LogP contribution is -2.22. The number of hydrogen-bond donors (Lipinski definition) is 3. The Kier molecular flexibility index (Phi) is 5.38. The number of aromatic nitrogens is 4. The molecule has 150 valence electrons. The van der Waals surface area contributed by atoms with Crippen molar-refractivity contribution in [2.24, 2.45) is 0 Å². The van der Waals surface area contributed by atoms with Crippen molar-refractivity contribution >= 4 is 17.5 Å². The number of para-hydroxylation sites is 1. The van der Waals surface area contributed by atoms with E-state index < -0.39 is 6.03 Å². The van der Waals surface area contributed by atoms with E-state index >= 15 is 0 Å². The highest BCUT2D eigenvalue weighted by molar-refractivity contribution is 5.99. The third-order valence-corrected chi connectivity index (χ3v) is 4.40. The molecule has 0 unspecified atom stereocenters. The molecule has 0 aliphatic rings. The van der Waals surface area contributed by atoms with Crippen LogP contribution in [0.5, 0.6) is 0 Å². The number of hydrogen-bond acceptors (Lipinski definition) is 4. The maximum Gasteiger partial charge on any atom is 0.324 e. The van der Waals surface area contributed by atoms with Crippen molar-refractivity contribution in [3.8, 4) is 17.2 Å². The van der Waals surface area contributed by atoms with Crippen LogP contribution >= 0.6 is 0 Å². The van der Waals surface area contributed by atoms with Crippen LogP contribution in [0.3, 0.4) is 0 Å². The van der Waals surface area contributed by atoms with Crippen LogP contribution in [0, 0.1) is 0 Å². The zero-order valence-electron chi connectivity index (χ0n) is 16.3. The Bertz CT molecular complexity index is 1220. The van der Waals surface area contributed by atoms with Crippen LogP contribution in [-0.4, -0.2) is 25.8 Å². The van der Waals surface area contributed by atoms with Gasteiger partial charge in [0.05, 0.1) is 5.69 Å². The number of anilines is 2. The molecule has 0 spiro atoms. The van der Waals surface area contributed by atoms with Crippen molar-refractivity contribution in [3.05, 3.63) is 88.8 Å². The van der Waals surface area contributed by atoms with E-state index in [0.29, 0.717) is 29.3 Å². The molecule has 3 N–H and O–H groups in total.